The Hall–Kier alpha value is -2.75. The second kappa shape index (κ2) is 9.09. The van der Waals surface area contributed by atoms with Crippen LogP contribution in [0.5, 0.6) is 0 Å². The van der Waals surface area contributed by atoms with Gasteiger partial charge in [-0.3, -0.25) is 4.79 Å². The van der Waals surface area contributed by atoms with Gasteiger partial charge in [0.25, 0.3) is 5.91 Å². The highest BCUT2D eigenvalue weighted by Gasteiger charge is 2.38. The smallest absolute Gasteiger partial charge is 0.384 e. The molecule has 0 heterocycles. The van der Waals surface area contributed by atoms with Crippen LogP contribution < -0.4 is 5.32 Å². The number of ether oxygens (including phenoxy) is 1. The summed E-state index contributed by atoms with van der Waals surface area (Å²) in [5.74, 6) is 1.07. The summed E-state index contributed by atoms with van der Waals surface area (Å²) in [7, 11) is -1.76. The molecule has 8 heteroatoms. The standard InChI is InChI=1S/C18H24N4O3Si/c1-18(2,21-22-19)16(25-15(23)11-12-26(3,4)5)17(24)20-13-14-9-7-6-8-10-14/h6-10,16H,13H2,1-5H3,(H,20,24). The number of azide groups is 1. The number of nitrogens with one attached hydrogen (secondary N) is 1. The predicted molar refractivity (Wildman–Crippen MR) is 103 cm³/mol. The Bertz CT molecular complexity index is 754. The zero-order valence-electron chi connectivity index (χ0n) is 15.7. The van der Waals surface area contributed by atoms with Crippen molar-refractivity contribution in [3.63, 3.8) is 0 Å². The zero-order chi connectivity index (χ0) is 19.8. The highest BCUT2D eigenvalue weighted by Crippen LogP contribution is 2.19. The van der Waals surface area contributed by atoms with E-state index in [0.29, 0.717) is 0 Å². The minimum atomic E-state index is -1.76. The summed E-state index contributed by atoms with van der Waals surface area (Å²) in [6.45, 7) is 9.28. The van der Waals surface area contributed by atoms with Crippen molar-refractivity contribution in [2.45, 2.75) is 51.7 Å². The van der Waals surface area contributed by atoms with Crippen LogP contribution in [0.15, 0.2) is 35.4 Å². The van der Waals surface area contributed by atoms with E-state index < -0.39 is 31.6 Å². The van der Waals surface area contributed by atoms with Gasteiger partial charge < -0.3 is 10.1 Å². The van der Waals surface area contributed by atoms with E-state index in [1.807, 2.05) is 50.0 Å². The van der Waals surface area contributed by atoms with Gasteiger partial charge in [0.15, 0.2) is 6.10 Å². The molecule has 1 amide bonds. The molecule has 0 saturated carbocycles. The molecular formula is C18H24N4O3Si. The van der Waals surface area contributed by atoms with Crippen LogP contribution in [-0.2, 0) is 20.9 Å². The number of nitrogens with zero attached hydrogens (tertiary/aromatic N) is 3. The van der Waals surface area contributed by atoms with Gasteiger partial charge in [0.1, 0.15) is 8.07 Å². The van der Waals surface area contributed by atoms with E-state index in [-0.39, 0.29) is 6.54 Å². The van der Waals surface area contributed by atoms with E-state index in [1.54, 1.807) is 0 Å². The van der Waals surface area contributed by atoms with E-state index in [4.69, 9.17) is 10.3 Å². The molecule has 0 aliphatic heterocycles. The summed E-state index contributed by atoms with van der Waals surface area (Å²) in [6, 6.07) is 9.31. The number of rotatable bonds is 6. The van der Waals surface area contributed by atoms with Gasteiger partial charge in [-0.1, -0.05) is 68.9 Å². The molecule has 26 heavy (non-hydrogen) atoms. The molecule has 0 fully saturated rings. The lowest BCUT2D eigenvalue weighted by molar-refractivity contribution is -0.154. The molecule has 0 aromatic heterocycles. The van der Waals surface area contributed by atoms with Gasteiger partial charge >= 0.3 is 5.97 Å². The number of carbonyl (C=O) groups is 2. The third-order valence-corrected chi connectivity index (χ3v) is 4.13. The van der Waals surface area contributed by atoms with E-state index in [0.717, 1.165) is 5.56 Å². The summed E-state index contributed by atoms with van der Waals surface area (Å²) in [5.41, 5.74) is 11.3. The van der Waals surface area contributed by atoms with Crippen LogP contribution in [0.2, 0.25) is 19.6 Å². The normalized spacial score (nSPS) is 12.0. The summed E-state index contributed by atoms with van der Waals surface area (Å²) in [6.07, 6.45) is -1.29. The maximum atomic E-state index is 12.6. The number of hydrogen-bond acceptors (Lipinski definition) is 4. The van der Waals surface area contributed by atoms with Crippen molar-refractivity contribution >= 4 is 20.0 Å². The Morgan fingerprint density at radius 3 is 2.46 bits per heavy atom. The van der Waals surface area contributed by atoms with Crippen LogP contribution in [-0.4, -0.2) is 31.6 Å². The molecule has 0 spiro atoms. The Labute approximate surface area is 154 Å². The largest absolute Gasteiger partial charge is 0.442 e. The van der Waals surface area contributed by atoms with Crippen LogP contribution in [0.1, 0.15) is 19.4 Å². The predicted octanol–water partition coefficient (Wildman–Crippen LogP) is 3.18. The molecule has 0 saturated heterocycles. The van der Waals surface area contributed by atoms with Gasteiger partial charge in [-0.2, -0.15) is 0 Å². The Balaban J connectivity index is 2.93. The molecule has 1 aromatic rings. The summed E-state index contributed by atoms with van der Waals surface area (Å²) in [5, 5.41) is 6.30. The maximum absolute atomic E-state index is 12.6. The van der Waals surface area contributed by atoms with Crippen molar-refractivity contribution in [1.29, 1.82) is 0 Å². The van der Waals surface area contributed by atoms with Crippen molar-refractivity contribution in [2.24, 2.45) is 5.11 Å². The number of carbonyl (C=O) groups excluding carboxylic acids is 2. The number of benzene rings is 1. The fourth-order valence-corrected chi connectivity index (χ4v) is 2.42. The molecule has 0 aliphatic carbocycles. The number of amides is 1. The molecule has 1 unspecified atom stereocenters. The van der Waals surface area contributed by atoms with Gasteiger partial charge in [0, 0.05) is 17.4 Å². The lowest BCUT2D eigenvalue weighted by Gasteiger charge is -2.27. The minimum absolute atomic E-state index is 0.265. The van der Waals surface area contributed by atoms with Gasteiger partial charge in [-0.15, -0.1) is 5.54 Å². The Kier molecular flexibility index (Phi) is 7.44. The molecule has 1 aromatic carbocycles. The van der Waals surface area contributed by atoms with Crippen molar-refractivity contribution in [3.05, 3.63) is 46.3 Å². The van der Waals surface area contributed by atoms with Crippen LogP contribution in [0.25, 0.3) is 10.4 Å². The molecule has 0 bridgehead atoms. The second-order valence-corrected chi connectivity index (χ2v) is 12.1. The van der Waals surface area contributed by atoms with Crippen LogP contribution in [0.3, 0.4) is 0 Å². The lowest BCUT2D eigenvalue weighted by Crippen LogP contribution is -2.49. The van der Waals surface area contributed by atoms with Gasteiger partial charge in [0.05, 0.1) is 5.54 Å². The first-order valence-electron chi connectivity index (χ1n) is 8.17. The molecule has 1 atom stereocenters. The average molecular weight is 373 g/mol. The van der Waals surface area contributed by atoms with Crippen molar-refractivity contribution in [3.8, 4) is 11.5 Å². The van der Waals surface area contributed by atoms with E-state index in [2.05, 4.69) is 26.8 Å². The minimum Gasteiger partial charge on any atom is -0.442 e. The zero-order valence-corrected chi connectivity index (χ0v) is 16.7. The van der Waals surface area contributed by atoms with Crippen LogP contribution in [0, 0.1) is 11.5 Å². The van der Waals surface area contributed by atoms with Crippen molar-refractivity contribution in [1.82, 2.24) is 5.32 Å². The SMILES string of the molecule is CC(C)(N=[N+]=[N-])C(OC(=O)C#C[Si](C)(C)C)C(=O)NCc1ccccc1. The van der Waals surface area contributed by atoms with Crippen LogP contribution >= 0.6 is 0 Å². The number of esters is 1. The maximum Gasteiger partial charge on any atom is 0.384 e. The summed E-state index contributed by atoms with van der Waals surface area (Å²) < 4.78 is 5.25. The molecule has 0 radical (unpaired) electrons. The Morgan fingerprint density at radius 1 is 1.31 bits per heavy atom. The van der Waals surface area contributed by atoms with Crippen molar-refractivity contribution in [2.75, 3.05) is 0 Å². The van der Waals surface area contributed by atoms with Crippen LogP contribution in [0.4, 0.5) is 0 Å². The third-order valence-electron chi connectivity index (χ3n) is 3.26. The van der Waals surface area contributed by atoms with E-state index >= 15 is 0 Å². The molecule has 138 valence electrons. The molecular weight excluding hydrogens is 348 g/mol. The monoisotopic (exact) mass is 372 g/mol. The average Bonchev–Trinajstić information content (AvgIpc) is 2.56. The first kappa shape index (κ1) is 21.3. The molecule has 7 nitrogen and oxygen atoms in total. The van der Waals surface area contributed by atoms with Gasteiger partial charge in [0.2, 0.25) is 0 Å². The quantitative estimate of drug-likeness (QED) is 0.207. The van der Waals surface area contributed by atoms with Gasteiger partial charge in [-0.05, 0) is 11.1 Å². The summed E-state index contributed by atoms with van der Waals surface area (Å²) in [4.78, 5) is 27.4. The lowest BCUT2D eigenvalue weighted by atomic mass is 9.97. The molecule has 0 aliphatic rings. The first-order valence-corrected chi connectivity index (χ1v) is 11.7. The van der Waals surface area contributed by atoms with E-state index in [1.165, 1.54) is 13.8 Å². The highest BCUT2D eigenvalue weighted by molar-refractivity contribution is 6.84. The van der Waals surface area contributed by atoms with Gasteiger partial charge in [-0.25, -0.2) is 4.79 Å². The number of hydrogen-bond donors (Lipinski definition) is 1. The first-order chi connectivity index (χ1) is 12.0. The topological polar surface area (TPSA) is 104 Å². The Morgan fingerprint density at radius 2 is 1.92 bits per heavy atom. The molecule has 1 N–H and O–H groups in total. The fourth-order valence-electron chi connectivity index (χ4n) is 1.94. The van der Waals surface area contributed by atoms with E-state index in [9.17, 15) is 9.59 Å². The molecule has 1 rings (SSSR count). The second-order valence-electron chi connectivity index (χ2n) is 7.33. The third kappa shape index (κ3) is 7.43. The van der Waals surface area contributed by atoms with Crippen molar-refractivity contribution < 1.29 is 14.3 Å². The summed E-state index contributed by atoms with van der Waals surface area (Å²) >= 11 is 0. The fraction of sp³-hybridized carbons (Fsp3) is 0.444. The highest BCUT2D eigenvalue weighted by atomic mass is 28.3.